The second-order valence-electron chi connectivity index (χ2n) is 4.73. The van der Waals surface area contributed by atoms with E-state index in [1.807, 2.05) is 0 Å². The molecule has 0 spiro atoms. The molecule has 1 aliphatic rings. The molecular formula is C14H18FNO3. The van der Waals surface area contributed by atoms with E-state index in [-0.39, 0.29) is 11.3 Å². The van der Waals surface area contributed by atoms with Gasteiger partial charge in [-0.1, -0.05) is 6.42 Å². The van der Waals surface area contributed by atoms with E-state index >= 15 is 0 Å². The number of hydrogen-bond acceptors (Lipinski definition) is 3. The minimum Gasteiger partial charge on any atom is -0.492 e. The molecule has 0 atom stereocenters. The lowest BCUT2D eigenvalue weighted by Crippen LogP contribution is -2.33. The second kappa shape index (κ2) is 6.52. The molecule has 0 saturated carbocycles. The molecule has 1 heterocycles. The van der Waals surface area contributed by atoms with Crippen LogP contribution < -0.4 is 4.74 Å². The lowest BCUT2D eigenvalue weighted by atomic mass is 10.1. The summed E-state index contributed by atoms with van der Waals surface area (Å²) in [5.74, 6) is -1.47. The van der Waals surface area contributed by atoms with Crippen molar-refractivity contribution < 1.29 is 19.0 Å². The molecule has 0 aromatic heterocycles. The molecule has 19 heavy (non-hydrogen) atoms. The van der Waals surface area contributed by atoms with Crippen molar-refractivity contribution in [1.82, 2.24) is 4.90 Å². The van der Waals surface area contributed by atoms with Crippen LogP contribution in [-0.4, -0.2) is 42.2 Å². The lowest BCUT2D eigenvalue weighted by molar-refractivity contribution is 0.0695. The maximum absolute atomic E-state index is 13.2. The maximum Gasteiger partial charge on any atom is 0.335 e. The van der Waals surface area contributed by atoms with Crippen LogP contribution in [0.2, 0.25) is 0 Å². The first kappa shape index (κ1) is 13.8. The van der Waals surface area contributed by atoms with Gasteiger partial charge in [-0.3, -0.25) is 4.90 Å². The summed E-state index contributed by atoms with van der Waals surface area (Å²) in [5.41, 5.74) is -0.0898. The highest BCUT2D eigenvalue weighted by atomic mass is 19.1. The maximum atomic E-state index is 13.2. The number of carbonyl (C=O) groups is 1. The molecule has 1 saturated heterocycles. The van der Waals surface area contributed by atoms with E-state index in [0.29, 0.717) is 6.61 Å². The number of hydrogen-bond donors (Lipinski definition) is 1. The van der Waals surface area contributed by atoms with E-state index in [1.54, 1.807) is 0 Å². The van der Waals surface area contributed by atoms with E-state index in [9.17, 15) is 9.18 Å². The van der Waals surface area contributed by atoms with Gasteiger partial charge in [-0.15, -0.1) is 0 Å². The van der Waals surface area contributed by atoms with E-state index < -0.39 is 11.8 Å². The zero-order chi connectivity index (χ0) is 13.7. The van der Waals surface area contributed by atoms with E-state index in [4.69, 9.17) is 9.84 Å². The third-order valence-corrected chi connectivity index (χ3v) is 3.24. The summed E-state index contributed by atoms with van der Waals surface area (Å²) in [7, 11) is 0. The zero-order valence-corrected chi connectivity index (χ0v) is 10.8. The van der Waals surface area contributed by atoms with Crippen LogP contribution in [0.4, 0.5) is 4.39 Å². The Morgan fingerprint density at radius 1 is 1.26 bits per heavy atom. The van der Waals surface area contributed by atoms with Crippen LogP contribution in [0.3, 0.4) is 0 Å². The number of nitrogens with zero attached hydrogens (tertiary/aromatic N) is 1. The highest BCUT2D eigenvalue weighted by Gasteiger charge is 2.11. The van der Waals surface area contributed by atoms with Crippen LogP contribution in [0.5, 0.6) is 5.75 Å². The SMILES string of the molecule is O=C(O)c1cc(F)cc(OCCN2CCCCC2)c1. The van der Waals surface area contributed by atoms with Gasteiger partial charge < -0.3 is 9.84 Å². The van der Waals surface area contributed by atoms with Gasteiger partial charge in [0.2, 0.25) is 0 Å². The number of rotatable bonds is 5. The van der Waals surface area contributed by atoms with Crippen LogP contribution in [0.15, 0.2) is 18.2 Å². The standard InChI is InChI=1S/C14H18FNO3/c15-12-8-11(14(17)18)9-13(10-12)19-7-6-16-4-2-1-3-5-16/h8-10H,1-7H2,(H,17,18). The molecule has 1 aromatic rings. The highest BCUT2D eigenvalue weighted by molar-refractivity contribution is 5.88. The quantitative estimate of drug-likeness (QED) is 0.890. The van der Waals surface area contributed by atoms with Gasteiger partial charge in [0.15, 0.2) is 0 Å². The van der Waals surface area contributed by atoms with E-state index in [0.717, 1.165) is 25.7 Å². The Labute approximate surface area is 111 Å². The summed E-state index contributed by atoms with van der Waals surface area (Å²) >= 11 is 0. The van der Waals surface area contributed by atoms with Crippen molar-refractivity contribution in [3.63, 3.8) is 0 Å². The van der Waals surface area contributed by atoms with Crippen LogP contribution in [0.25, 0.3) is 0 Å². The molecule has 0 bridgehead atoms. The molecule has 1 aromatic carbocycles. The second-order valence-corrected chi connectivity index (χ2v) is 4.73. The number of ether oxygens (including phenoxy) is 1. The number of carboxylic acids is 1. The van der Waals surface area contributed by atoms with Gasteiger partial charge in [0, 0.05) is 12.6 Å². The lowest BCUT2D eigenvalue weighted by Gasteiger charge is -2.26. The van der Waals surface area contributed by atoms with Crippen LogP contribution in [0, 0.1) is 5.82 Å². The van der Waals surface area contributed by atoms with Crippen molar-refractivity contribution in [2.24, 2.45) is 0 Å². The zero-order valence-electron chi connectivity index (χ0n) is 10.8. The summed E-state index contributed by atoms with van der Waals surface area (Å²) in [4.78, 5) is 13.1. The predicted molar refractivity (Wildman–Crippen MR) is 69.1 cm³/mol. The number of likely N-dealkylation sites (tertiary alicyclic amines) is 1. The van der Waals surface area contributed by atoms with Crippen LogP contribution in [0.1, 0.15) is 29.6 Å². The van der Waals surface area contributed by atoms with Gasteiger partial charge in [-0.05, 0) is 38.1 Å². The summed E-state index contributed by atoms with van der Waals surface area (Å²) in [6.07, 6.45) is 3.70. The smallest absolute Gasteiger partial charge is 0.335 e. The fraction of sp³-hybridized carbons (Fsp3) is 0.500. The largest absolute Gasteiger partial charge is 0.492 e. The molecule has 0 aliphatic carbocycles. The Kier molecular flexibility index (Phi) is 4.74. The molecule has 0 amide bonds. The highest BCUT2D eigenvalue weighted by Crippen LogP contribution is 2.17. The van der Waals surface area contributed by atoms with Gasteiger partial charge in [0.25, 0.3) is 0 Å². The molecule has 1 fully saturated rings. The number of carboxylic acid groups (broad SMARTS) is 1. The average Bonchev–Trinajstić information content (AvgIpc) is 2.39. The molecular weight excluding hydrogens is 249 g/mol. The first-order valence-corrected chi connectivity index (χ1v) is 6.54. The first-order chi connectivity index (χ1) is 9.15. The number of benzene rings is 1. The minimum absolute atomic E-state index is 0.0898. The van der Waals surface area contributed by atoms with Crippen molar-refractivity contribution >= 4 is 5.97 Å². The monoisotopic (exact) mass is 267 g/mol. The molecule has 4 nitrogen and oxygen atoms in total. The number of piperidine rings is 1. The number of aromatic carboxylic acids is 1. The first-order valence-electron chi connectivity index (χ1n) is 6.54. The minimum atomic E-state index is -1.15. The van der Waals surface area contributed by atoms with Crippen LogP contribution in [-0.2, 0) is 0 Å². The predicted octanol–water partition coefficient (Wildman–Crippen LogP) is 2.39. The Morgan fingerprint density at radius 2 is 2.00 bits per heavy atom. The summed E-state index contributed by atoms with van der Waals surface area (Å²) in [6.45, 7) is 3.39. The van der Waals surface area contributed by atoms with Gasteiger partial charge >= 0.3 is 5.97 Å². The van der Waals surface area contributed by atoms with Crippen molar-refractivity contribution in [3.8, 4) is 5.75 Å². The summed E-state index contributed by atoms with van der Waals surface area (Å²) in [6, 6.07) is 3.55. The van der Waals surface area contributed by atoms with Gasteiger partial charge in [-0.2, -0.15) is 0 Å². The Bertz CT molecular complexity index is 444. The molecule has 2 rings (SSSR count). The topological polar surface area (TPSA) is 49.8 Å². The average molecular weight is 267 g/mol. The van der Waals surface area contributed by atoms with Gasteiger partial charge in [0.05, 0.1) is 5.56 Å². The van der Waals surface area contributed by atoms with Crippen molar-refractivity contribution in [3.05, 3.63) is 29.6 Å². The Morgan fingerprint density at radius 3 is 2.68 bits per heavy atom. The molecule has 104 valence electrons. The third kappa shape index (κ3) is 4.21. The van der Waals surface area contributed by atoms with Crippen LogP contribution >= 0.6 is 0 Å². The van der Waals surface area contributed by atoms with E-state index in [1.165, 1.54) is 31.4 Å². The molecule has 1 N–H and O–H groups in total. The third-order valence-electron chi connectivity index (χ3n) is 3.24. The fourth-order valence-electron chi connectivity index (χ4n) is 2.25. The molecule has 5 heteroatoms. The number of halogens is 1. The molecule has 1 aliphatic heterocycles. The summed E-state index contributed by atoms with van der Waals surface area (Å²) in [5, 5.41) is 8.83. The summed E-state index contributed by atoms with van der Waals surface area (Å²) < 4.78 is 18.7. The van der Waals surface area contributed by atoms with Crippen molar-refractivity contribution in [2.75, 3.05) is 26.2 Å². The van der Waals surface area contributed by atoms with Gasteiger partial charge in [0.1, 0.15) is 18.2 Å². The van der Waals surface area contributed by atoms with E-state index in [2.05, 4.69) is 4.90 Å². The normalized spacial score (nSPS) is 16.3. The molecule has 0 unspecified atom stereocenters. The Balaban J connectivity index is 1.86. The Hall–Kier alpha value is -1.62. The van der Waals surface area contributed by atoms with Gasteiger partial charge in [-0.25, -0.2) is 9.18 Å². The molecule has 0 radical (unpaired) electrons. The van der Waals surface area contributed by atoms with Crippen molar-refractivity contribution in [2.45, 2.75) is 19.3 Å². The fourth-order valence-corrected chi connectivity index (χ4v) is 2.25. The van der Waals surface area contributed by atoms with Crippen molar-refractivity contribution in [1.29, 1.82) is 0 Å².